The SMILES string of the molecule is CCN(CCC(=O)O)C(=O)CCCN(C)S(=O)(=O)c1ccc(F)cc1. The van der Waals surface area contributed by atoms with Gasteiger partial charge in [-0.1, -0.05) is 0 Å². The van der Waals surface area contributed by atoms with E-state index in [0.717, 1.165) is 16.4 Å². The summed E-state index contributed by atoms with van der Waals surface area (Å²) in [4.78, 5) is 24.0. The third-order valence-electron chi connectivity index (χ3n) is 3.72. The van der Waals surface area contributed by atoms with Crippen molar-refractivity contribution in [1.82, 2.24) is 9.21 Å². The Labute approximate surface area is 147 Å². The number of sulfonamides is 1. The van der Waals surface area contributed by atoms with Crippen molar-refractivity contribution in [3.63, 3.8) is 0 Å². The summed E-state index contributed by atoms with van der Waals surface area (Å²) in [5.74, 6) is -1.71. The van der Waals surface area contributed by atoms with Gasteiger partial charge in [0.2, 0.25) is 15.9 Å². The van der Waals surface area contributed by atoms with E-state index in [1.54, 1.807) is 6.92 Å². The number of carboxylic acid groups (broad SMARTS) is 1. The van der Waals surface area contributed by atoms with Gasteiger partial charge in [0.15, 0.2) is 0 Å². The molecule has 9 heteroatoms. The van der Waals surface area contributed by atoms with Crippen LogP contribution in [0, 0.1) is 5.82 Å². The molecule has 0 fully saturated rings. The molecule has 0 saturated heterocycles. The first-order chi connectivity index (χ1) is 11.7. The minimum absolute atomic E-state index is 0.0145. The lowest BCUT2D eigenvalue weighted by molar-refractivity contribution is -0.138. The fourth-order valence-corrected chi connectivity index (χ4v) is 3.42. The van der Waals surface area contributed by atoms with E-state index in [1.165, 1.54) is 24.1 Å². The number of amides is 1. The van der Waals surface area contributed by atoms with Crippen LogP contribution in [0.25, 0.3) is 0 Å². The summed E-state index contributed by atoms with van der Waals surface area (Å²) in [6.07, 6.45) is 0.300. The number of rotatable bonds is 10. The summed E-state index contributed by atoms with van der Waals surface area (Å²) in [5, 5.41) is 8.67. The highest BCUT2D eigenvalue weighted by atomic mass is 32.2. The van der Waals surface area contributed by atoms with E-state index >= 15 is 0 Å². The highest BCUT2D eigenvalue weighted by Crippen LogP contribution is 2.15. The number of halogens is 1. The Morgan fingerprint density at radius 2 is 1.72 bits per heavy atom. The maximum atomic E-state index is 12.9. The lowest BCUT2D eigenvalue weighted by Gasteiger charge is -2.21. The van der Waals surface area contributed by atoms with E-state index < -0.39 is 21.8 Å². The second-order valence-electron chi connectivity index (χ2n) is 5.50. The molecule has 0 spiro atoms. The van der Waals surface area contributed by atoms with Crippen LogP contribution < -0.4 is 0 Å². The van der Waals surface area contributed by atoms with E-state index in [-0.39, 0.29) is 36.7 Å². The van der Waals surface area contributed by atoms with Gasteiger partial charge in [0, 0.05) is 33.1 Å². The van der Waals surface area contributed by atoms with Crippen LogP contribution in [0.2, 0.25) is 0 Å². The van der Waals surface area contributed by atoms with Crippen LogP contribution in [0.3, 0.4) is 0 Å². The second kappa shape index (κ2) is 9.47. The van der Waals surface area contributed by atoms with Gasteiger partial charge in [0.25, 0.3) is 0 Å². The van der Waals surface area contributed by atoms with Gasteiger partial charge in [0.1, 0.15) is 5.82 Å². The fourth-order valence-electron chi connectivity index (χ4n) is 2.21. The van der Waals surface area contributed by atoms with Gasteiger partial charge in [0.05, 0.1) is 11.3 Å². The first kappa shape index (κ1) is 21.0. The quantitative estimate of drug-likeness (QED) is 0.670. The molecule has 1 aromatic rings. The van der Waals surface area contributed by atoms with Gasteiger partial charge in [-0.15, -0.1) is 0 Å². The molecule has 1 aromatic carbocycles. The van der Waals surface area contributed by atoms with Crippen LogP contribution in [-0.2, 0) is 19.6 Å². The van der Waals surface area contributed by atoms with Gasteiger partial charge >= 0.3 is 5.97 Å². The molecule has 0 bridgehead atoms. The summed E-state index contributed by atoms with van der Waals surface area (Å²) in [7, 11) is -2.34. The average molecular weight is 374 g/mol. The Morgan fingerprint density at radius 1 is 1.12 bits per heavy atom. The molecular weight excluding hydrogens is 351 g/mol. The van der Waals surface area contributed by atoms with Gasteiger partial charge in [-0.05, 0) is 37.6 Å². The maximum absolute atomic E-state index is 12.9. The lowest BCUT2D eigenvalue weighted by atomic mass is 10.2. The number of aliphatic carboxylic acids is 1. The van der Waals surface area contributed by atoms with E-state index in [0.29, 0.717) is 13.0 Å². The number of carbonyl (C=O) groups is 2. The highest BCUT2D eigenvalue weighted by molar-refractivity contribution is 7.89. The zero-order chi connectivity index (χ0) is 19.0. The topological polar surface area (TPSA) is 95.0 Å². The van der Waals surface area contributed by atoms with Crippen LogP contribution >= 0.6 is 0 Å². The summed E-state index contributed by atoms with van der Waals surface area (Å²) >= 11 is 0. The van der Waals surface area contributed by atoms with E-state index in [9.17, 15) is 22.4 Å². The van der Waals surface area contributed by atoms with Crippen molar-refractivity contribution >= 4 is 21.9 Å². The first-order valence-corrected chi connectivity index (χ1v) is 9.34. The fraction of sp³-hybridized carbons (Fsp3) is 0.500. The average Bonchev–Trinajstić information content (AvgIpc) is 2.55. The van der Waals surface area contributed by atoms with E-state index in [2.05, 4.69) is 0 Å². The lowest BCUT2D eigenvalue weighted by Crippen LogP contribution is -2.34. The standard InChI is InChI=1S/C16H23FN2O5S/c1-3-19(12-10-16(21)22)15(20)5-4-11-18(2)25(23,24)14-8-6-13(17)7-9-14/h6-9H,3-5,10-12H2,1-2H3,(H,21,22). The summed E-state index contributed by atoms with van der Waals surface area (Å²) in [6.45, 7) is 2.41. The van der Waals surface area contributed by atoms with Crippen molar-refractivity contribution in [2.75, 3.05) is 26.7 Å². The molecule has 0 aliphatic carbocycles. The Morgan fingerprint density at radius 3 is 2.24 bits per heavy atom. The van der Waals surface area contributed by atoms with E-state index in [4.69, 9.17) is 5.11 Å². The molecule has 0 atom stereocenters. The van der Waals surface area contributed by atoms with Gasteiger partial charge in [-0.3, -0.25) is 9.59 Å². The second-order valence-corrected chi connectivity index (χ2v) is 7.55. The normalized spacial score (nSPS) is 11.5. The van der Waals surface area contributed by atoms with Crippen molar-refractivity contribution in [3.05, 3.63) is 30.1 Å². The smallest absolute Gasteiger partial charge is 0.305 e. The van der Waals surface area contributed by atoms with Crippen molar-refractivity contribution in [3.8, 4) is 0 Å². The Kier molecular flexibility index (Phi) is 7.98. The molecule has 0 aliphatic rings. The third kappa shape index (κ3) is 6.43. The monoisotopic (exact) mass is 374 g/mol. The maximum Gasteiger partial charge on any atom is 0.305 e. The number of carboxylic acids is 1. The first-order valence-electron chi connectivity index (χ1n) is 7.90. The molecule has 0 aromatic heterocycles. The predicted molar refractivity (Wildman–Crippen MR) is 90.0 cm³/mol. The molecule has 1 N–H and O–H groups in total. The number of benzene rings is 1. The minimum atomic E-state index is -3.74. The number of carbonyl (C=O) groups excluding carboxylic acids is 1. The molecule has 7 nitrogen and oxygen atoms in total. The molecule has 0 unspecified atom stereocenters. The Hall–Kier alpha value is -2.00. The number of hydrogen-bond donors (Lipinski definition) is 1. The minimum Gasteiger partial charge on any atom is -0.481 e. The summed E-state index contributed by atoms with van der Waals surface area (Å²) in [6, 6.07) is 4.53. The van der Waals surface area contributed by atoms with Gasteiger partial charge in [-0.2, -0.15) is 0 Å². The Bertz CT molecular complexity index is 691. The molecular formula is C16H23FN2O5S. The summed E-state index contributed by atoms with van der Waals surface area (Å²) < 4.78 is 38.7. The van der Waals surface area contributed by atoms with Gasteiger partial charge < -0.3 is 10.0 Å². The third-order valence-corrected chi connectivity index (χ3v) is 5.59. The van der Waals surface area contributed by atoms with Crippen LogP contribution in [0.1, 0.15) is 26.2 Å². The molecule has 0 aliphatic heterocycles. The number of nitrogens with zero attached hydrogens (tertiary/aromatic N) is 2. The van der Waals surface area contributed by atoms with Crippen LogP contribution in [0.5, 0.6) is 0 Å². The molecule has 0 saturated carbocycles. The largest absolute Gasteiger partial charge is 0.481 e. The van der Waals surface area contributed by atoms with Crippen LogP contribution in [0.4, 0.5) is 4.39 Å². The van der Waals surface area contributed by atoms with Crippen molar-refractivity contribution in [2.45, 2.75) is 31.1 Å². The van der Waals surface area contributed by atoms with Gasteiger partial charge in [-0.25, -0.2) is 17.1 Å². The van der Waals surface area contributed by atoms with Crippen molar-refractivity contribution < 1.29 is 27.5 Å². The zero-order valence-electron chi connectivity index (χ0n) is 14.3. The Balaban J connectivity index is 2.55. The zero-order valence-corrected chi connectivity index (χ0v) is 15.1. The molecule has 0 heterocycles. The molecule has 1 amide bonds. The molecule has 25 heavy (non-hydrogen) atoms. The number of hydrogen-bond acceptors (Lipinski definition) is 4. The predicted octanol–water partition coefficient (Wildman–Crippen LogP) is 1.55. The van der Waals surface area contributed by atoms with E-state index in [1.807, 2.05) is 0 Å². The molecule has 0 radical (unpaired) electrons. The van der Waals surface area contributed by atoms with Crippen molar-refractivity contribution in [1.29, 1.82) is 0 Å². The van der Waals surface area contributed by atoms with Crippen LogP contribution in [0.15, 0.2) is 29.2 Å². The molecule has 140 valence electrons. The summed E-state index contributed by atoms with van der Waals surface area (Å²) in [5.41, 5.74) is 0. The highest BCUT2D eigenvalue weighted by Gasteiger charge is 2.21. The van der Waals surface area contributed by atoms with Crippen molar-refractivity contribution in [2.24, 2.45) is 0 Å². The van der Waals surface area contributed by atoms with Crippen LogP contribution in [-0.4, -0.2) is 61.3 Å². The molecule has 1 rings (SSSR count).